The number of rotatable bonds is 3. The molecule has 1 aromatic heterocycles. The van der Waals surface area contributed by atoms with Crippen LogP contribution in [-0.4, -0.2) is 21.5 Å². The van der Waals surface area contributed by atoms with Gasteiger partial charge in [0.25, 0.3) is 5.91 Å². The maximum absolute atomic E-state index is 13.1. The Labute approximate surface area is 195 Å². The lowest BCUT2D eigenvalue weighted by atomic mass is 9.85. The molecule has 1 aliphatic carbocycles. The molecule has 162 valence electrons. The van der Waals surface area contributed by atoms with Crippen molar-refractivity contribution in [1.82, 2.24) is 9.78 Å². The molecule has 6 nitrogen and oxygen atoms in total. The van der Waals surface area contributed by atoms with Gasteiger partial charge in [-0.15, -0.1) is 0 Å². The van der Waals surface area contributed by atoms with E-state index in [1.165, 1.54) is 6.20 Å². The van der Waals surface area contributed by atoms with Gasteiger partial charge in [-0.3, -0.25) is 9.59 Å². The lowest BCUT2D eigenvalue weighted by molar-refractivity contribution is -0.116. The summed E-state index contributed by atoms with van der Waals surface area (Å²) in [5, 5.41) is 11.7. The maximum Gasteiger partial charge on any atom is 0.261 e. The Balaban J connectivity index is 1.59. The molecule has 1 aliphatic heterocycles. The number of hydrogen-bond acceptors (Lipinski definition) is 4. The van der Waals surface area contributed by atoms with E-state index in [1.807, 2.05) is 37.3 Å². The number of nitrogens with zero attached hydrogens (tertiary/aromatic N) is 2. The first-order valence-corrected chi connectivity index (χ1v) is 11.1. The SMILES string of the molecule is Cc1ccc(NC(=O)c2cnn3c2NC2=C(C(=O)CCC2)[C@@H]3c2ccc(Cl)cc2Cl)cc1. The summed E-state index contributed by atoms with van der Waals surface area (Å²) in [6.45, 7) is 1.99. The van der Waals surface area contributed by atoms with E-state index in [0.717, 1.165) is 23.2 Å². The highest BCUT2D eigenvalue weighted by Gasteiger charge is 2.38. The molecule has 2 aromatic carbocycles. The molecule has 8 heteroatoms. The van der Waals surface area contributed by atoms with E-state index in [0.29, 0.717) is 45.5 Å². The molecular weight excluding hydrogens is 447 g/mol. The fourth-order valence-electron chi connectivity index (χ4n) is 4.27. The molecule has 0 unspecified atom stereocenters. The number of nitrogens with one attached hydrogen (secondary N) is 2. The third kappa shape index (κ3) is 3.59. The van der Waals surface area contributed by atoms with E-state index in [2.05, 4.69) is 15.7 Å². The van der Waals surface area contributed by atoms with Crippen LogP contribution in [0.25, 0.3) is 0 Å². The van der Waals surface area contributed by atoms with Gasteiger partial charge in [-0.05, 0) is 44.0 Å². The number of Topliss-reactive ketones (excluding diaryl/α,β-unsaturated/α-hetero) is 1. The summed E-state index contributed by atoms with van der Waals surface area (Å²) >= 11 is 12.6. The predicted octanol–water partition coefficient (Wildman–Crippen LogP) is 5.77. The molecule has 3 aromatic rings. The van der Waals surface area contributed by atoms with Gasteiger partial charge >= 0.3 is 0 Å². The van der Waals surface area contributed by atoms with E-state index in [1.54, 1.807) is 16.8 Å². The molecule has 32 heavy (non-hydrogen) atoms. The maximum atomic E-state index is 13.1. The summed E-state index contributed by atoms with van der Waals surface area (Å²) < 4.78 is 1.67. The molecule has 2 heterocycles. The number of aryl methyl sites for hydroxylation is 1. The second-order valence-electron chi connectivity index (χ2n) is 8.03. The first-order chi connectivity index (χ1) is 15.4. The minimum absolute atomic E-state index is 0.0570. The van der Waals surface area contributed by atoms with Gasteiger partial charge in [0.2, 0.25) is 0 Å². The Morgan fingerprint density at radius 1 is 1.16 bits per heavy atom. The Kier molecular flexibility index (Phi) is 5.27. The standard InChI is InChI=1S/C24H20Cl2N4O2/c1-13-5-8-15(9-6-13)28-24(32)17-12-27-30-22(16-10-7-14(25)11-18(16)26)21-19(29-23(17)30)3-2-4-20(21)31/h5-12,22,29H,2-4H2,1H3,(H,28,32)/t22-/m0/s1. The monoisotopic (exact) mass is 466 g/mol. The number of carbonyl (C=O) groups excluding carboxylic acids is 2. The molecule has 1 amide bonds. The molecule has 0 spiro atoms. The van der Waals surface area contributed by atoms with Gasteiger partial charge < -0.3 is 10.6 Å². The van der Waals surface area contributed by atoms with Crippen LogP contribution < -0.4 is 10.6 Å². The quantitative estimate of drug-likeness (QED) is 0.513. The summed E-state index contributed by atoms with van der Waals surface area (Å²) in [6.07, 6.45) is 3.46. The molecule has 0 radical (unpaired) electrons. The van der Waals surface area contributed by atoms with Crippen LogP contribution in [0.15, 0.2) is 59.9 Å². The fourth-order valence-corrected chi connectivity index (χ4v) is 4.78. The van der Waals surface area contributed by atoms with Gasteiger partial charge in [0, 0.05) is 39.0 Å². The number of aromatic nitrogens is 2. The second kappa shape index (κ2) is 8.11. The fraction of sp³-hybridized carbons (Fsp3) is 0.208. The highest BCUT2D eigenvalue weighted by Crippen LogP contribution is 2.43. The number of fused-ring (bicyclic) bond motifs is 1. The smallest absolute Gasteiger partial charge is 0.261 e. The number of carbonyl (C=O) groups is 2. The van der Waals surface area contributed by atoms with Gasteiger partial charge in [0.15, 0.2) is 5.78 Å². The highest BCUT2D eigenvalue weighted by molar-refractivity contribution is 6.35. The van der Waals surface area contributed by atoms with Crippen LogP contribution >= 0.6 is 23.2 Å². The van der Waals surface area contributed by atoms with Crippen molar-refractivity contribution in [1.29, 1.82) is 0 Å². The summed E-state index contributed by atoms with van der Waals surface area (Å²) in [5.41, 5.74) is 4.37. The van der Waals surface area contributed by atoms with E-state index in [9.17, 15) is 9.59 Å². The van der Waals surface area contributed by atoms with Crippen LogP contribution in [0.2, 0.25) is 10.0 Å². The second-order valence-corrected chi connectivity index (χ2v) is 8.88. The summed E-state index contributed by atoms with van der Waals surface area (Å²) in [5.74, 6) is 0.315. The lowest BCUT2D eigenvalue weighted by Gasteiger charge is -2.33. The van der Waals surface area contributed by atoms with Crippen molar-refractivity contribution in [2.45, 2.75) is 32.2 Å². The summed E-state index contributed by atoms with van der Waals surface area (Å²) in [7, 11) is 0. The van der Waals surface area contributed by atoms with Crippen molar-refractivity contribution in [3.63, 3.8) is 0 Å². The molecule has 2 aliphatic rings. The molecule has 5 rings (SSSR count). The van der Waals surface area contributed by atoms with Crippen molar-refractivity contribution in [2.24, 2.45) is 0 Å². The van der Waals surface area contributed by atoms with Crippen LogP contribution in [0.4, 0.5) is 11.5 Å². The summed E-state index contributed by atoms with van der Waals surface area (Å²) in [4.78, 5) is 26.0. The van der Waals surface area contributed by atoms with Crippen LogP contribution in [0.3, 0.4) is 0 Å². The molecule has 1 atom stereocenters. The van der Waals surface area contributed by atoms with Gasteiger partial charge in [0.05, 0.1) is 6.20 Å². The average Bonchev–Trinajstić information content (AvgIpc) is 3.18. The number of amides is 1. The average molecular weight is 467 g/mol. The molecule has 0 bridgehead atoms. The van der Waals surface area contributed by atoms with Crippen molar-refractivity contribution < 1.29 is 9.59 Å². The summed E-state index contributed by atoms with van der Waals surface area (Å²) in [6, 6.07) is 12.3. The third-order valence-corrected chi connectivity index (χ3v) is 6.41. The number of ketones is 1. The zero-order chi connectivity index (χ0) is 22.4. The number of halogens is 2. The highest BCUT2D eigenvalue weighted by atomic mass is 35.5. The predicted molar refractivity (Wildman–Crippen MR) is 125 cm³/mol. The Hall–Kier alpha value is -3.09. The minimum Gasteiger partial charge on any atom is -0.343 e. The van der Waals surface area contributed by atoms with Gasteiger partial charge in [-0.2, -0.15) is 5.10 Å². The first-order valence-electron chi connectivity index (χ1n) is 10.4. The minimum atomic E-state index is -0.528. The molecular formula is C24H20Cl2N4O2. The van der Waals surface area contributed by atoms with E-state index >= 15 is 0 Å². The van der Waals surface area contributed by atoms with Crippen LogP contribution in [0.5, 0.6) is 0 Å². The Morgan fingerprint density at radius 2 is 1.94 bits per heavy atom. The third-order valence-electron chi connectivity index (χ3n) is 5.85. The Bertz CT molecular complexity index is 1280. The number of anilines is 2. The topological polar surface area (TPSA) is 76.0 Å². The van der Waals surface area contributed by atoms with Gasteiger partial charge in [-0.1, -0.05) is 47.0 Å². The van der Waals surface area contributed by atoms with E-state index in [4.69, 9.17) is 23.2 Å². The molecule has 0 saturated heterocycles. The van der Waals surface area contributed by atoms with Crippen molar-refractivity contribution in [2.75, 3.05) is 10.6 Å². The first kappa shape index (κ1) is 20.8. The lowest BCUT2D eigenvalue weighted by Crippen LogP contribution is -2.32. The molecule has 2 N–H and O–H groups in total. The van der Waals surface area contributed by atoms with Crippen LogP contribution in [0, 0.1) is 6.92 Å². The largest absolute Gasteiger partial charge is 0.343 e. The van der Waals surface area contributed by atoms with Crippen molar-refractivity contribution >= 4 is 46.4 Å². The number of hydrogen-bond donors (Lipinski definition) is 2. The van der Waals surface area contributed by atoms with Crippen LogP contribution in [0.1, 0.15) is 46.8 Å². The Morgan fingerprint density at radius 3 is 2.69 bits per heavy atom. The van der Waals surface area contributed by atoms with Gasteiger partial charge in [0.1, 0.15) is 17.4 Å². The normalized spacial score (nSPS) is 17.5. The zero-order valence-electron chi connectivity index (χ0n) is 17.3. The van der Waals surface area contributed by atoms with E-state index in [-0.39, 0.29) is 11.7 Å². The van der Waals surface area contributed by atoms with Crippen LogP contribution in [-0.2, 0) is 4.79 Å². The molecule has 0 saturated carbocycles. The van der Waals surface area contributed by atoms with Crippen molar-refractivity contribution in [3.8, 4) is 0 Å². The number of allylic oxidation sites excluding steroid dienone is 2. The number of benzene rings is 2. The molecule has 0 fully saturated rings. The van der Waals surface area contributed by atoms with Gasteiger partial charge in [-0.25, -0.2) is 4.68 Å². The zero-order valence-corrected chi connectivity index (χ0v) is 18.8. The van der Waals surface area contributed by atoms with E-state index < -0.39 is 6.04 Å². The van der Waals surface area contributed by atoms with Crippen molar-refractivity contribution in [3.05, 3.63) is 86.7 Å².